The van der Waals surface area contributed by atoms with Gasteiger partial charge in [-0.05, 0) is 35.7 Å². The molecule has 0 radical (unpaired) electrons. The molecule has 0 aliphatic carbocycles. The third-order valence-electron chi connectivity index (χ3n) is 3.61. The van der Waals surface area contributed by atoms with Crippen molar-refractivity contribution in [2.75, 3.05) is 0 Å². The van der Waals surface area contributed by atoms with Crippen LogP contribution in [-0.4, -0.2) is 12.1 Å². The summed E-state index contributed by atoms with van der Waals surface area (Å²) in [5.74, 6) is 0.488. The Morgan fingerprint density at radius 2 is 2.10 bits per heavy atom. The maximum Gasteiger partial charge on any atom is 0.142 e. The number of ether oxygens (including phenoxy) is 1. The molecule has 4 heteroatoms. The van der Waals surface area contributed by atoms with Gasteiger partial charge in [-0.1, -0.05) is 35.9 Å². The fourth-order valence-electron chi connectivity index (χ4n) is 2.52. The van der Waals surface area contributed by atoms with Crippen LogP contribution in [0.1, 0.15) is 11.1 Å². The van der Waals surface area contributed by atoms with Gasteiger partial charge in [-0.25, -0.2) is 4.39 Å². The standard InChI is InChI=1S/C16H15ClFNO/c17-12-6-5-10(7-13(12)18)8-14(19)16-9-11-3-1-2-4-15(11)20-16/h1-7,14,16H,8-9,19H2. The minimum atomic E-state index is -0.410. The number of hydrogen-bond donors (Lipinski definition) is 1. The van der Waals surface area contributed by atoms with Gasteiger partial charge in [0.1, 0.15) is 17.7 Å². The fraction of sp³-hybridized carbons (Fsp3) is 0.250. The largest absolute Gasteiger partial charge is 0.488 e. The predicted molar refractivity (Wildman–Crippen MR) is 77.7 cm³/mol. The highest BCUT2D eigenvalue weighted by Crippen LogP contribution is 2.30. The molecule has 1 aliphatic rings. The lowest BCUT2D eigenvalue weighted by atomic mass is 9.98. The van der Waals surface area contributed by atoms with Crippen molar-refractivity contribution in [1.82, 2.24) is 0 Å². The second-order valence-electron chi connectivity index (χ2n) is 5.08. The van der Waals surface area contributed by atoms with E-state index in [0.29, 0.717) is 6.42 Å². The Morgan fingerprint density at radius 3 is 2.85 bits per heavy atom. The molecule has 2 N–H and O–H groups in total. The van der Waals surface area contributed by atoms with Gasteiger partial charge in [-0.2, -0.15) is 0 Å². The van der Waals surface area contributed by atoms with Gasteiger partial charge < -0.3 is 10.5 Å². The van der Waals surface area contributed by atoms with Crippen LogP contribution in [0.25, 0.3) is 0 Å². The van der Waals surface area contributed by atoms with Crippen molar-refractivity contribution in [2.45, 2.75) is 25.0 Å². The molecule has 0 bridgehead atoms. The van der Waals surface area contributed by atoms with Crippen LogP contribution in [-0.2, 0) is 12.8 Å². The molecule has 0 aromatic heterocycles. The number of halogens is 2. The minimum Gasteiger partial charge on any atom is -0.488 e. The number of benzene rings is 2. The fourth-order valence-corrected chi connectivity index (χ4v) is 2.64. The quantitative estimate of drug-likeness (QED) is 0.941. The van der Waals surface area contributed by atoms with Crippen molar-refractivity contribution in [3.8, 4) is 5.75 Å². The number of nitrogens with two attached hydrogens (primary N) is 1. The minimum absolute atomic E-state index is 0.0638. The molecular weight excluding hydrogens is 277 g/mol. The number of hydrogen-bond acceptors (Lipinski definition) is 2. The molecule has 0 saturated heterocycles. The Balaban J connectivity index is 1.69. The molecule has 1 heterocycles. The Morgan fingerprint density at radius 1 is 1.30 bits per heavy atom. The Labute approximate surface area is 122 Å². The summed E-state index contributed by atoms with van der Waals surface area (Å²) in [6, 6.07) is 12.5. The predicted octanol–water partition coefficient (Wildman–Crippen LogP) is 3.35. The lowest BCUT2D eigenvalue weighted by Crippen LogP contribution is -2.39. The maximum atomic E-state index is 13.4. The average Bonchev–Trinajstić information content (AvgIpc) is 2.87. The van der Waals surface area contributed by atoms with E-state index in [0.717, 1.165) is 17.7 Å². The molecule has 2 nitrogen and oxygen atoms in total. The SMILES string of the molecule is NC(Cc1ccc(Cl)c(F)c1)C1Cc2ccccc2O1. The molecule has 104 valence electrons. The average molecular weight is 292 g/mol. The van der Waals surface area contributed by atoms with Crippen molar-refractivity contribution in [3.63, 3.8) is 0 Å². The maximum absolute atomic E-state index is 13.4. The highest BCUT2D eigenvalue weighted by molar-refractivity contribution is 6.30. The summed E-state index contributed by atoms with van der Waals surface area (Å²) < 4.78 is 19.3. The lowest BCUT2D eigenvalue weighted by molar-refractivity contribution is 0.198. The molecule has 3 rings (SSSR count). The van der Waals surface area contributed by atoms with Crippen molar-refractivity contribution in [3.05, 3.63) is 64.4 Å². The number of para-hydroxylation sites is 1. The molecule has 0 spiro atoms. The highest BCUT2D eigenvalue weighted by Gasteiger charge is 2.27. The smallest absolute Gasteiger partial charge is 0.142 e. The van der Waals surface area contributed by atoms with E-state index < -0.39 is 5.82 Å². The van der Waals surface area contributed by atoms with Crippen LogP contribution in [0.5, 0.6) is 5.75 Å². The summed E-state index contributed by atoms with van der Waals surface area (Å²) >= 11 is 5.67. The van der Waals surface area contributed by atoms with E-state index in [1.54, 1.807) is 12.1 Å². The van der Waals surface area contributed by atoms with Gasteiger partial charge >= 0.3 is 0 Å². The normalized spacial score (nSPS) is 18.4. The molecule has 0 amide bonds. The van der Waals surface area contributed by atoms with Crippen molar-refractivity contribution < 1.29 is 9.13 Å². The van der Waals surface area contributed by atoms with E-state index in [9.17, 15) is 4.39 Å². The zero-order valence-electron chi connectivity index (χ0n) is 10.9. The number of fused-ring (bicyclic) bond motifs is 1. The van der Waals surface area contributed by atoms with Crippen LogP contribution < -0.4 is 10.5 Å². The molecular formula is C16H15ClFNO. The molecule has 0 fully saturated rings. The van der Waals surface area contributed by atoms with Crippen LogP contribution >= 0.6 is 11.6 Å². The summed E-state index contributed by atoms with van der Waals surface area (Å²) in [5.41, 5.74) is 8.21. The van der Waals surface area contributed by atoms with E-state index in [4.69, 9.17) is 22.1 Å². The van der Waals surface area contributed by atoms with E-state index >= 15 is 0 Å². The second kappa shape index (κ2) is 5.43. The first-order valence-electron chi connectivity index (χ1n) is 6.57. The monoisotopic (exact) mass is 291 g/mol. The van der Waals surface area contributed by atoms with Crippen molar-refractivity contribution in [2.24, 2.45) is 5.73 Å². The van der Waals surface area contributed by atoms with Crippen LogP contribution in [0.3, 0.4) is 0 Å². The van der Waals surface area contributed by atoms with Crippen LogP contribution in [0, 0.1) is 5.82 Å². The van der Waals surface area contributed by atoms with Gasteiger partial charge in [0.2, 0.25) is 0 Å². The van der Waals surface area contributed by atoms with Gasteiger partial charge in [-0.15, -0.1) is 0 Å². The molecule has 1 aliphatic heterocycles. The Hall–Kier alpha value is -1.58. The summed E-state index contributed by atoms with van der Waals surface area (Å²) in [5, 5.41) is 0.131. The Bertz CT molecular complexity index is 607. The molecule has 2 aromatic rings. The van der Waals surface area contributed by atoms with Crippen LogP contribution in [0.4, 0.5) is 4.39 Å². The van der Waals surface area contributed by atoms with E-state index in [-0.39, 0.29) is 17.2 Å². The van der Waals surface area contributed by atoms with Crippen molar-refractivity contribution in [1.29, 1.82) is 0 Å². The van der Waals surface area contributed by atoms with E-state index in [1.165, 1.54) is 11.6 Å². The third-order valence-corrected chi connectivity index (χ3v) is 3.91. The summed E-state index contributed by atoms with van der Waals surface area (Å²) in [6.45, 7) is 0. The van der Waals surface area contributed by atoms with Gasteiger partial charge in [-0.3, -0.25) is 0 Å². The Kier molecular flexibility index (Phi) is 3.64. The molecule has 20 heavy (non-hydrogen) atoms. The third kappa shape index (κ3) is 2.65. The molecule has 2 atom stereocenters. The van der Waals surface area contributed by atoms with Gasteiger partial charge in [0.05, 0.1) is 5.02 Å². The first-order valence-corrected chi connectivity index (χ1v) is 6.95. The number of rotatable bonds is 3. The van der Waals surface area contributed by atoms with Gasteiger partial charge in [0.15, 0.2) is 0 Å². The first-order chi connectivity index (χ1) is 9.63. The summed E-state index contributed by atoms with van der Waals surface area (Å²) in [4.78, 5) is 0. The topological polar surface area (TPSA) is 35.2 Å². The van der Waals surface area contributed by atoms with Crippen LogP contribution in [0.15, 0.2) is 42.5 Å². The van der Waals surface area contributed by atoms with E-state index in [2.05, 4.69) is 0 Å². The summed E-state index contributed by atoms with van der Waals surface area (Å²) in [6.07, 6.45) is 1.30. The van der Waals surface area contributed by atoms with Crippen molar-refractivity contribution >= 4 is 11.6 Å². The zero-order chi connectivity index (χ0) is 14.1. The van der Waals surface area contributed by atoms with Crippen LogP contribution in [0.2, 0.25) is 5.02 Å². The second-order valence-corrected chi connectivity index (χ2v) is 5.49. The van der Waals surface area contributed by atoms with Gasteiger partial charge in [0, 0.05) is 12.5 Å². The van der Waals surface area contributed by atoms with E-state index in [1.807, 2.05) is 24.3 Å². The molecule has 0 saturated carbocycles. The first kappa shape index (κ1) is 13.4. The lowest BCUT2D eigenvalue weighted by Gasteiger charge is -2.19. The highest BCUT2D eigenvalue weighted by atomic mass is 35.5. The molecule has 2 unspecified atom stereocenters. The zero-order valence-corrected chi connectivity index (χ0v) is 11.6. The van der Waals surface area contributed by atoms with Gasteiger partial charge in [0.25, 0.3) is 0 Å². The summed E-state index contributed by atoms with van der Waals surface area (Å²) in [7, 11) is 0. The molecule has 2 aromatic carbocycles.